The Bertz CT molecular complexity index is 779. The molecule has 0 amide bonds. The van der Waals surface area contributed by atoms with Gasteiger partial charge in [0.2, 0.25) is 0 Å². The number of halogens is 1. The minimum absolute atomic E-state index is 0.612. The summed E-state index contributed by atoms with van der Waals surface area (Å²) in [4.78, 5) is 8.03. The van der Waals surface area contributed by atoms with Gasteiger partial charge in [-0.25, -0.2) is 0 Å². The third-order valence-corrected chi connectivity index (χ3v) is 7.57. The van der Waals surface area contributed by atoms with Crippen molar-refractivity contribution < 1.29 is 0 Å². The van der Waals surface area contributed by atoms with Gasteiger partial charge in [-0.05, 0) is 63.1 Å². The molecule has 2 unspecified atom stereocenters. The van der Waals surface area contributed by atoms with Gasteiger partial charge in [0.15, 0.2) is 0 Å². The van der Waals surface area contributed by atoms with E-state index >= 15 is 0 Å². The van der Waals surface area contributed by atoms with Gasteiger partial charge in [-0.1, -0.05) is 39.8 Å². The first kappa shape index (κ1) is 15.3. The summed E-state index contributed by atoms with van der Waals surface area (Å²) < 4.78 is 1.16. The molecule has 2 saturated heterocycles. The molecule has 0 radical (unpaired) electrons. The molecule has 2 nitrogen and oxygen atoms in total. The fourth-order valence-corrected chi connectivity index (χ4v) is 6.37. The highest BCUT2D eigenvalue weighted by Gasteiger charge is 2.42. The summed E-state index contributed by atoms with van der Waals surface area (Å²) >= 11 is 5.54. The second-order valence-corrected chi connectivity index (χ2v) is 9.23. The quantitative estimate of drug-likeness (QED) is 0.607. The van der Waals surface area contributed by atoms with Crippen LogP contribution in [0, 0.1) is 0 Å². The zero-order valence-electron chi connectivity index (χ0n) is 13.8. The highest BCUT2D eigenvalue weighted by molar-refractivity contribution is 9.10. The summed E-state index contributed by atoms with van der Waals surface area (Å²) in [7, 11) is 2.32. The Morgan fingerprint density at radius 3 is 2.42 bits per heavy atom. The Kier molecular flexibility index (Phi) is 3.69. The van der Waals surface area contributed by atoms with Gasteiger partial charge in [0, 0.05) is 32.4 Å². The first-order chi connectivity index (χ1) is 11.7. The largest absolute Gasteiger partial charge is 0.336 e. The fraction of sp³-hybridized carbons (Fsp3) is 0.400. The van der Waals surface area contributed by atoms with Crippen molar-refractivity contribution in [3.8, 4) is 0 Å². The van der Waals surface area contributed by atoms with E-state index < -0.39 is 0 Å². The molecule has 0 N–H and O–H groups in total. The Labute approximate surface area is 156 Å². The molecule has 24 heavy (non-hydrogen) atoms. The van der Waals surface area contributed by atoms with Crippen LogP contribution in [0.2, 0.25) is 0 Å². The minimum Gasteiger partial charge on any atom is -0.336 e. The van der Waals surface area contributed by atoms with Crippen LogP contribution in [-0.4, -0.2) is 30.1 Å². The van der Waals surface area contributed by atoms with E-state index in [1.165, 1.54) is 46.8 Å². The molecular formula is C20H21BrN2S. The number of hydrogen-bond donors (Lipinski definition) is 0. The van der Waals surface area contributed by atoms with E-state index in [2.05, 4.69) is 75.2 Å². The number of fused-ring (bicyclic) bond motifs is 4. The first-order valence-corrected chi connectivity index (χ1v) is 10.4. The Morgan fingerprint density at radius 2 is 1.62 bits per heavy atom. The fourth-order valence-electron chi connectivity index (χ4n) is 4.75. The third kappa shape index (κ3) is 2.34. The van der Waals surface area contributed by atoms with E-state index in [9.17, 15) is 0 Å². The van der Waals surface area contributed by atoms with Crippen molar-refractivity contribution in [2.45, 2.75) is 53.6 Å². The first-order valence-electron chi connectivity index (χ1n) is 8.78. The molecule has 2 fully saturated rings. The molecule has 4 heteroatoms. The molecule has 0 aromatic heterocycles. The summed E-state index contributed by atoms with van der Waals surface area (Å²) in [5.41, 5.74) is 2.78. The lowest BCUT2D eigenvalue weighted by atomic mass is 9.95. The van der Waals surface area contributed by atoms with Crippen LogP contribution >= 0.6 is 27.7 Å². The van der Waals surface area contributed by atoms with E-state index in [1.54, 1.807) is 0 Å². The van der Waals surface area contributed by atoms with Gasteiger partial charge in [-0.2, -0.15) is 0 Å². The number of anilines is 2. The lowest BCUT2D eigenvalue weighted by Gasteiger charge is -2.45. The molecule has 3 aliphatic heterocycles. The highest BCUT2D eigenvalue weighted by Crippen LogP contribution is 2.51. The Hall–Kier alpha value is -0.970. The molecule has 124 valence electrons. The number of rotatable bonds is 1. The Balaban J connectivity index is 1.60. The molecule has 5 rings (SSSR count). The van der Waals surface area contributed by atoms with Crippen LogP contribution in [0.4, 0.5) is 11.4 Å². The topological polar surface area (TPSA) is 6.48 Å². The second-order valence-electron chi connectivity index (χ2n) is 7.23. The van der Waals surface area contributed by atoms with E-state index in [1.807, 2.05) is 11.8 Å². The zero-order chi connectivity index (χ0) is 16.3. The number of hydrogen-bond acceptors (Lipinski definition) is 3. The molecule has 3 heterocycles. The predicted molar refractivity (Wildman–Crippen MR) is 104 cm³/mol. The molecular weight excluding hydrogens is 380 g/mol. The molecule has 2 atom stereocenters. The van der Waals surface area contributed by atoms with Gasteiger partial charge >= 0.3 is 0 Å². The molecule has 0 spiro atoms. The van der Waals surface area contributed by atoms with Crippen molar-refractivity contribution in [1.29, 1.82) is 0 Å². The van der Waals surface area contributed by atoms with Gasteiger partial charge < -0.3 is 9.80 Å². The van der Waals surface area contributed by atoms with Crippen molar-refractivity contribution in [2.75, 3.05) is 11.9 Å². The molecule has 2 aromatic rings. The van der Waals surface area contributed by atoms with Gasteiger partial charge in [0.05, 0.1) is 11.4 Å². The molecule has 2 bridgehead atoms. The van der Waals surface area contributed by atoms with Crippen LogP contribution in [0.3, 0.4) is 0 Å². The normalized spacial score (nSPS) is 28.6. The molecule has 2 aromatic carbocycles. The van der Waals surface area contributed by atoms with Crippen molar-refractivity contribution >= 4 is 39.1 Å². The second kappa shape index (κ2) is 5.79. The SMILES string of the molecule is CN1C2CCC1CC(N1c3ccccc3Sc3cc(Br)ccc31)C2. The summed E-state index contributed by atoms with van der Waals surface area (Å²) in [6, 6.07) is 17.8. The lowest BCUT2D eigenvalue weighted by Crippen LogP contribution is -2.48. The van der Waals surface area contributed by atoms with Crippen LogP contribution in [0.15, 0.2) is 56.7 Å². The number of piperidine rings is 1. The average molecular weight is 401 g/mol. The van der Waals surface area contributed by atoms with Crippen molar-refractivity contribution in [3.05, 3.63) is 46.9 Å². The molecule has 0 aliphatic carbocycles. The van der Waals surface area contributed by atoms with Crippen LogP contribution in [-0.2, 0) is 0 Å². The number of benzene rings is 2. The average Bonchev–Trinajstić information content (AvgIpc) is 2.81. The van der Waals surface area contributed by atoms with Crippen LogP contribution < -0.4 is 4.90 Å². The molecule has 3 aliphatic rings. The third-order valence-electron chi connectivity index (χ3n) is 5.96. The van der Waals surface area contributed by atoms with E-state index in [0.29, 0.717) is 6.04 Å². The zero-order valence-corrected chi connectivity index (χ0v) is 16.2. The van der Waals surface area contributed by atoms with E-state index in [-0.39, 0.29) is 0 Å². The van der Waals surface area contributed by atoms with Crippen molar-refractivity contribution in [3.63, 3.8) is 0 Å². The van der Waals surface area contributed by atoms with Crippen molar-refractivity contribution in [1.82, 2.24) is 4.90 Å². The summed E-state index contributed by atoms with van der Waals surface area (Å²) in [6.45, 7) is 0. The standard InChI is InChI=1S/C20H21BrN2S/c1-22-14-7-8-15(22)12-16(11-14)23-17-4-2-3-5-19(17)24-20-10-13(21)6-9-18(20)23/h2-6,9-10,14-16H,7-8,11-12H2,1H3. The highest BCUT2D eigenvalue weighted by atomic mass is 79.9. The minimum atomic E-state index is 0.612. The lowest BCUT2D eigenvalue weighted by molar-refractivity contribution is 0.162. The van der Waals surface area contributed by atoms with E-state index in [4.69, 9.17) is 0 Å². The summed E-state index contributed by atoms with van der Waals surface area (Å²) in [5.74, 6) is 0. The predicted octanol–water partition coefficient (Wildman–Crippen LogP) is 5.68. The van der Waals surface area contributed by atoms with Crippen LogP contribution in [0.5, 0.6) is 0 Å². The molecule has 0 saturated carbocycles. The Morgan fingerprint density at radius 1 is 0.917 bits per heavy atom. The summed E-state index contributed by atoms with van der Waals surface area (Å²) in [5, 5.41) is 0. The van der Waals surface area contributed by atoms with Gasteiger partial charge in [-0.15, -0.1) is 0 Å². The van der Waals surface area contributed by atoms with Gasteiger partial charge in [-0.3, -0.25) is 0 Å². The van der Waals surface area contributed by atoms with Crippen LogP contribution in [0.25, 0.3) is 0 Å². The number of para-hydroxylation sites is 1. The van der Waals surface area contributed by atoms with Crippen molar-refractivity contribution in [2.24, 2.45) is 0 Å². The monoisotopic (exact) mass is 400 g/mol. The maximum absolute atomic E-state index is 3.64. The maximum Gasteiger partial charge on any atom is 0.0556 e. The maximum atomic E-state index is 3.64. The van der Waals surface area contributed by atoms with Gasteiger partial charge in [0.25, 0.3) is 0 Å². The summed E-state index contributed by atoms with van der Waals surface area (Å²) in [6.07, 6.45) is 5.30. The number of nitrogens with zero attached hydrogens (tertiary/aromatic N) is 2. The smallest absolute Gasteiger partial charge is 0.0556 e. The van der Waals surface area contributed by atoms with Gasteiger partial charge in [0.1, 0.15) is 0 Å². The van der Waals surface area contributed by atoms with Crippen LogP contribution in [0.1, 0.15) is 25.7 Å². The van der Waals surface area contributed by atoms with E-state index in [0.717, 1.165) is 16.6 Å².